The van der Waals surface area contributed by atoms with Crippen molar-refractivity contribution in [3.05, 3.63) is 21.9 Å². The molecule has 0 bridgehead atoms. The fourth-order valence-electron chi connectivity index (χ4n) is 1.95. The van der Waals surface area contributed by atoms with Crippen molar-refractivity contribution < 1.29 is 0 Å². The maximum Gasteiger partial charge on any atom is 0.0328 e. The van der Waals surface area contributed by atoms with Crippen LogP contribution >= 0.6 is 11.3 Å². The number of rotatable bonds is 3. The first-order valence-corrected chi connectivity index (χ1v) is 6.38. The van der Waals surface area contributed by atoms with Crippen LogP contribution in [0.15, 0.2) is 12.1 Å². The Morgan fingerprint density at radius 3 is 2.57 bits per heavy atom. The summed E-state index contributed by atoms with van der Waals surface area (Å²) in [4.78, 5) is 5.63. The summed E-state index contributed by atoms with van der Waals surface area (Å²) >= 11 is 1.99. The number of likely N-dealkylation sites (tertiary alicyclic amines) is 1. The van der Waals surface area contributed by atoms with E-state index in [0.717, 1.165) is 0 Å². The zero-order chi connectivity index (χ0) is 9.97. The molecule has 1 nitrogen and oxygen atoms in total. The predicted octanol–water partition coefficient (Wildman–Crippen LogP) is 3.47. The van der Waals surface area contributed by atoms with E-state index in [0.29, 0.717) is 5.92 Å². The molecule has 14 heavy (non-hydrogen) atoms. The molecule has 1 aromatic rings. The van der Waals surface area contributed by atoms with Gasteiger partial charge in [0.25, 0.3) is 0 Å². The van der Waals surface area contributed by atoms with Gasteiger partial charge in [0, 0.05) is 16.3 Å². The van der Waals surface area contributed by atoms with Crippen LogP contribution in [-0.2, 0) is 6.54 Å². The van der Waals surface area contributed by atoms with Crippen LogP contribution < -0.4 is 0 Å². The molecule has 2 rings (SSSR count). The third-order valence-corrected chi connectivity index (χ3v) is 4.20. The van der Waals surface area contributed by atoms with Crippen molar-refractivity contribution in [3.8, 4) is 0 Å². The molecular weight excluding hydrogens is 190 g/mol. The van der Waals surface area contributed by atoms with Gasteiger partial charge in [-0.2, -0.15) is 0 Å². The third-order valence-electron chi connectivity index (χ3n) is 2.83. The van der Waals surface area contributed by atoms with Gasteiger partial charge < -0.3 is 0 Å². The Labute approximate surface area is 90.7 Å². The molecule has 2 heteroatoms. The molecule has 2 heterocycles. The van der Waals surface area contributed by atoms with Crippen molar-refractivity contribution in [1.29, 1.82) is 0 Å². The molecule has 0 spiro atoms. The van der Waals surface area contributed by atoms with Crippen molar-refractivity contribution >= 4 is 11.3 Å². The molecule has 78 valence electrons. The lowest BCUT2D eigenvalue weighted by atomic mass is 10.2. The smallest absolute Gasteiger partial charge is 0.0328 e. The van der Waals surface area contributed by atoms with Crippen LogP contribution in [0.3, 0.4) is 0 Å². The SMILES string of the molecule is CC(C)c1ccc(CN2CCCC2)s1. The minimum absolute atomic E-state index is 0.687. The monoisotopic (exact) mass is 209 g/mol. The quantitative estimate of drug-likeness (QED) is 0.737. The van der Waals surface area contributed by atoms with Crippen molar-refractivity contribution in [1.82, 2.24) is 4.90 Å². The molecule has 1 saturated heterocycles. The van der Waals surface area contributed by atoms with Crippen LogP contribution in [0.2, 0.25) is 0 Å². The second-order valence-electron chi connectivity index (χ2n) is 4.44. The van der Waals surface area contributed by atoms with Crippen LogP contribution in [-0.4, -0.2) is 18.0 Å². The van der Waals surface area contributed by atoms with Crippen molar-refractivity contribution in [3.63, 3.8) is 0 Å². The Kier molecular flexibility index (Phi) is 3.24. The van der Waals surface area contributed by atoms with E-state index in [2.05, 4.69) is 30.9 Å². The Morgan fingerprint density at radius 1 is 1.29 bits per heavy atom. The minimum Gasteiger partial charge on any atom is -0.298 e. The van der Waals surface area contributed by atoms with Gasteiger partial charge >= 0.3 is 0 Å². The van der Waals surface area contributed by atoms with E-state index in [1.165, 1.54) is 42.2 Å². The summed E-state index contributed by atoms with van der Waals surface area (Å²) in [5.41, 5.74) is 0. The average molecular weight is 209 g/mol. The summed E-state index contributed by atoms with van der Waals surface area (Å²) in [7, 11) is 0. The number of thiophene rings is 1. The highest BCUT2D eigenvalue weighted by atomic mass is 32.1. The summed E-state index contributed by atoms with van der Waals surface area (Å²) in [5.74, 6) is 0.687. The summed E-state index contributed by atoms with van der Waals surface area (Å²) in [6, 6.07) is 4.60. The molecular formula is C12H19NS. The second kappa shape index (κ2) is 4.45. The number of hydrogen-bond donors (Lipinski definition) is 0. The topological polar surface area (TPSA) is 3.24 Å². The van der Waals surface area contributed by atoms with Crippen LogP contribution in [0.4, 0.5) is 0 Å². The van der Waals surface area contributed by atoms with E-state index in [1.54, 1.807) is 0 Å². The molecule has 1 fully saturated rings. The normalized spacial score (nSPS) is 18.2. The number of nitrogens with zero attached hydrogens (tertiary/aromatic N) is 1. The molecule has 0 saturated carbocycles. The van der Waals surface area contributed by atoms with Crippen LogP contribution in [0.25, 0.3) is 0 Å². The highest BCUT2D eigenvalue weighted by Crippen LogP contribution is 2.25. The van der Waals surface area contributed by atoms with Gasteiger partial charge in [0.2, 0.25) is 0 Å². The second-order valence-corrected chi connectivity index (χ2v) is 5.64. The van der Waals surface area contributed by atoms with Gasteiger partial charge in [0.05, 0.1) is 0 Å². The van der Waals surface area contributed by atoms with Gasteiger partial charge in [-0.3, -0.25) is 4.90 Å². The highest BCUT2D eigenvalue weighted by molar-refractivity contribution is 7.12. The van der Waals surface area contributed by atoms with Crippen LogP contribution in [0, 0.1) is 0 Å². The first-order valence-electron chi connectivity index (χ1n) is 5.56. The first-order chi connectivity index (χ1) is 6.75. The van der Waals surface area contributed by atoms with Gasteiger partial charge in [-0.05, 0) is 44.0 Å². The van der Waals surface area contributed by atoms with Gasteiger partial charge in [0.1, 0.15) is 0 Å². The van der Waals surface area contributed by atoms with Crippen LogP contribution in [0.5, 0.6) is 0 Å². The predicted molar refractivity (Wildman–Crippen MR) is 62.9 cm³/mol. The van der Waals surface area contributed by atoms with Crippen molar-refractivity contribution in [2.45, 2.75) is 39.2 Å². The maximum atomic E-state index is 2.57. The zero-order valence-electron chi connectivity index (χ0n) is 9.12. The summed E-state index contributed by atoms with van der Waals surface area (Å²) in [5, 5.41) is 0. The lowest BCUT2D eigenvalue weighted by molar-refractivity contribution is 0.334. The zero-order valence-corrected chi connectivity index (χ0v) is 9.94. The minimum atomic E-state index is 0.687. The van der Waals surface area contributed by atoms with Crippen molar-refractivity contribution in [2.75, 3.05) is 13.1 Å². The van der Waals surface area contributed by atoms with Gasteiger partial charge in [-0.1, -0.05) is 13.8 Å². The molecule has 0 amide bonds. The standard InChI is InChI=1S/C12H19NS/c1-10(2)12-6-5-11(14-12)9-13-7-3-4-8-13/h5-6,10H,3-4,7-9H2,1-2H3. The Hall–Kier alpha value is -0.340. The Balaban J connectivity index is 1.95. The van der Waals surface area contributed by atoms with E-state index >= 15 is 0 Å². The third kappa shape index (κ3) is 2.37. The highest BCUT2D eigenvalue weighted by Gasteiger charge is 2.13. The fourth-order valence-corrected chi connectivity index (χ4v) is 3.01. The van der Waals surface area contributed by atoms with Gasteiger partial charge in [-0.15, -0.1) is 11.3 Å². The van der Waals surface area contributed by atoms with Crippen LogP contribution in [0.1, 0.15) is 42.4 Å². The first kappa shape index (κ1) is 10.2. The molecule has 1 aromatic heterocycles. The molecule has 0 N–H and O–H groups in total. The molecule has 0 aromatic carbocycles. The van der Waals surface area contributed by atoms with E-state index < -0.39 is 0 Å². The number of hydrogen-bond acceptors (Lipinski definition) is 2. The average Bonchev–Trinajstić information content (AvgIpc) is 2.75. The van der Waals surface area contributed by atoms with Crippen molar-refractivity contribution in [2.24, 2.45) is 0 Å². The Bertz CT molecular complexity index is 284. The molecule has 0 atom stereocenters. The van der Waals surface area contributed by atoms with E-state index in [9.17, 15) is 0 Å². The maximum absolute atomic E-state index is 2.57. The molecule has 0 aliphatic carbocycles. The molecule has 1 aliphatic rings. The summed E-state index contributed by atoms with van der Waals surface area (Å²) in [6.07, 6.45) is 2.78. The molecule has 1 aliphatic heterocycles. The lowest BCUT2D eigenvalue weighted by Crippen LogP contribution is -2.17. The lowest BCUT2D eigenvalue weighted by Gasteiger charge is -2.12. The van der Waals surface area contributed by atoms with E-state index in [1.807, 2.05) is 11.3 Å². The summed E-state index contributed by atoms with van der Waals surface area (Å²) < 4.78 is 0. The molecule has 0 unspecified atom stereocenters. The summed E-state index contributed by atoms with van der Waals surface area (Å²) in [6.45, 7) is 8.32. The van der Waals surface area contributed by atoms with Gasteiger partial charge in [0.15, 0.2) is 0 Å². The van der Waals surface area contributed by atoms with E-state index in [4.69, 9.17) is 0 Å². The van der Waals surface area contributed by atoms with E-state index in [-0.39, 0.29) is 0 Å². The largest absolute Gasteiger partial charge is 0.298 e. The fraction of sp³-hybridized carbons (Fsp3) is 0.667. The molecule has 0 radical (unpaired) electrons. The van der Waals surface area contributed by atoms with Gasteiger partial charge in [-0.25, -0.2) is 0 Å². The Morgan fingerprint density at radius 2 is 2.00 bits per heavy atom.